The molecule has 2 aromatic rings. The van der Waals surface area contributed by atoms with Gasteiger partial charge < -0.3 is 10.2 Å². The number of hydrogen-bond donors (Lipinski definition) is 2. The third-order valence-corrected chi connectivity index (χ3v) is 2.45. The SMILES string of the molecule is Cc1cccc(C(=O)Nc2nc(CCN)co2)c1. The van der Waals surface area contributed by atoms with E-state index in [1.54, 1.807) is 12.1 Å². The molecule has 1 amide bonds. The highest BCUT2D eigenvalue weighted by atomic mass is 16.4. The van der Waals surface area contributed by atoms with Crippen LogP contribution in [0, 0.1) is 6.92 Å². The highest BCUT2D eigenvalue weighted by Crippen LogP contribution is 2.10. The van der Waals surface area contributed by atoms with Gasteiger partial charge in [-0.25, -0.2) is 0 Å². The van der Waals surface area contributed by atoms with Gasteiger partial charge in [-0.2, -0.15) is 4.98 Å². The van der Waals surface area contributed by atoms with Crippen molar-refractivity contribution >= 4 is 11.9 Å². The lowest BCUT2D eigenvalue weighted by Crippen LogP contribution is -2.12. The van der Waals surface area contributed by atoms with Crippen LogP contribution in [-0.2, 0) is 6.42 Å². The Morgan fingerprint density at radius 2 is 2.33 bits per heavy atom. The first-order chi connectivity index (χ1) is 8.69. The fourth-order valence-electron chi connectivity index (χ4n) is 1.58. The second-order valence-corrected chi connectivity index (χ2v) is 4.01. The van der Waals surface area contributed by atoms with Crippen LogP contribution in [-0.4, -0.2) is 17.4 Å². The Balaban J connectivity index is 2.06. The van der Waals surface area contributed by atoms with Crippen LogP contribution in [0.15, 0.2) is 34.9 Å². The first kappa shape index (κ1) is 12.3. The molecule has 0 atom stereocenters. The number of oxazole rings is 1. The standard InChI is InChI=1S/C13H15N3O2/c1-9-3-2-4-10(7-9)12(17)16-13-15-11(5-6-14)8-18-13/h2-4,7-8H,5-6,14H2,1H3,(H,15,16,17). The molecule has 94 valence electrons. The molecule has 0 aliphatic heterocycles. The highest BCUT2D eigenvalue weighted by Gasteiger charge is 2.10. The summed E-state index contributed by atoms with van der Waals surface area (Å²) in [6.45, 7) is 2.43. The Morgan fingerprint density at radius 3 is 3.06 bits per heavy atom. The van der Waals surface area contributed by atoms with Gasteiger partial charge in [-0.05, 0) is 25.6 Å². The number of hydrogen-bond acceptors (Lipinski definition) is 4. The maximum absolute atomic E-state index is 11.9. The molecule has 5 nitrogen and oxygen atoms in total. The summed E-state index contributed by atoms with van der Waals surface area (Å²) in [5.74, 6) is -0.236. The molecule has 0 aliphatic rings. The van der Waals surface area contributed by atoms with E-state index >= 15 is 0 Å². The van der Waals surface area contributed by atoms with Crippen molar-refractivity contribution in [3.8, 4) is 0 Å². The lowest BCUT2D eigenvalue weighted by Gasteiger charge is -2.01. The van der Waals surface area contributed by atoms with Crippen LogP contribution in [0.1, 0.15) is 21.6 Å². The van der Waals surface area contributed by atoms with E-state index in [9.17, 15) is 4.79 Å². The van der Waals surface area contributed by atoms with Crippen LogP contribution in [0.2, 0.25) is 0 Å². The molecular formula is C13H15N3O2. The molecule has 0 saturated carbocycles. The molecule has 18 heavy (non-hydrogen) atoms. The number of anilines is 1. The summed E-state index contributed by atoms with van der Waals surface area (Å²) in [6, 6.07) is 7.51. The molecule has 0 radical (unpaired) electrons. The molecule has 0 saturated heterocycles. The second-order valence-electron chi connectivity index (χ2n) is 4.01. The van der Waals surface area contributed by atoms with Crippen molar-refractivity contribution in [3.63, 3.8) is 0 Å². The number of nitrogens with one attached hydrogen (secondary N) is 1. The summed E-state index contributed by atoms with van der Waals surface area (Å²) in [4.78, 5) is 16.0. The van der Waals surface area contributed by atoms with Gasteiger partial charge in [0.05, 0.1) is 5.69 Å². The minimum Gasteiger partial charge on any atom is -0.432 e. The fraction of sp³-hybridized carbons (Fsp3) is 0.231. The van der Waals surface area contributed by atoms with Crippen molar-refractivity contribution < 1.29 is 9.21 Å². The molecular weight excluding hydrogens is 230 g/mol. The third-order valence-electron chi connectivity index (χ3n) is 2.45. The van der Waals surface area contributed by atoms with E-state index in [-0.39, 0.29) is 11.9 Å². The van der Waals surface area contributed by atoms with Gasteiger partial charge in [0, 0.05) is 12.0 Å². The smallest absolute Gasteiger partial charge is 0.301 e. The van der Waals surface area contributed by atoms with Crippen molar-refractivity contribution in [2.75, 3.05) is 11.9 Å². The van der Waals surface area contributed by atoms with E-state index in [4.69, 9.17) is 10.2 Å². The molecule has 1 heterocycles. The maximum Gasteiger partial charge on any atom is 0.301 e. The Bertz CT molecular complexity index is 549. The van der Waals surface area contributed by atoms with Gasteiger partial charge in [0.2, 0.25) is 0 Å². The average Bonchev–Trinajstić information content (AvgIpc) is 2.77. The van der Waals surface area contributed by atoms with Crippen molar-refractivity contribution in [3.05, 3.63) is 47.3 Å². The van der Waals surface area contributed by atoms with Crippen LogP contribution in [0.4, 0.5) is 6.01 Å². The number of benzene rings is 1. The minimum absolute atomic E-state index is 0.199. The third kappa shape index (κ3) is 2.95. The van der Waals surface area contributed by atoms with Gasteiger partial charge in [-0.15, -0.1) is 0 Å². The normalized spacial score (nSPS) is 10.3. The summed E-state index contributed by atoms with van der Waals surface area (Å²) in [6.07, 6.45) is 2.13. The molecule has 5 heteroatoms. The van der Waals surface area contributed by atoms with E-state index in [1.807, 2.05) is 19.1 Å². The van der Waals surface area contributed by atoms with Gasteiger partial charge in [-0.1, -0.05) is 17.7 Å². The molecule has 2 rings (SSSR count). The Hall–Kier alpha value is -2.14. The van der Waals surface area contributed by atoms with Crippen molar-refractivity contribution in [1.82, 2.24) is 4.98 Å². The fourth-order valence-corrected chi connectivity index (χ4v) is 1.58. The van der Waals surface area contributed by atoms with Gasteiger partial charge in [0.25, 0.3) is 5.91 Å². The van der Waals surface area contributed by atoms with E-state index < -0.39 is 0 Å². The van der Waals surface area contributed by atoms with E-state index in [2.05, 4.69) is 10.3 Å². The first-order valence-electron chi connectivity index (χ1n) is 5.71. The van der Waals surface area contributed by atoms with Crippen LogP contribution in [0.5, 0.6) is 0 Å². The zero-order valence-corrected chi connectivity index (χ0v) is 10.1. The van der Waals surface area contributed by atoms with E-state index in [1.165, 1.54) is 6.26 Å². The zero-order chi connectivity index (χ0) is 13.0. The average molecular weight is 245 g/mol. The molecule has 3 N–H and O–H groups in total. The summed E-state index contributed by atoms with van der Waals surface area (Å²) < 4.78 is 5.14. The van der Waals surface area contributed by atoms with Crippen molar-refractivity contribution in [2.24, 2.45) is 5.73 Å². The Labute approximate surface area is 105 Å². The summed E-state index contributed by atoms with van der Waals surface area (Å²) >= 11 is 0. The van der Waals surface area contributed by atoms with Gasteiger partial charge in [0.15, 0.2) is 0 Å². The first-order valence-corrected chi connectivity index (χ1v) is 5.71. The van der Waals surface area contributed by atoms with Gasteiger partial charge in [-0.3, -0.25) is 10.1 Å². The van der Waals surface area contributed by atoms with Gasteiger partial charge >= 0.3 is 6.01 Å². The number of nitrogens with two attached hydrogens (primary N) is 1. The van der Waals surface area contributed by atoms with Crippen molar-refractivity contribution in [2.45, 2.75) is 13.3 Å². The molecule has 1 aromatic heterocycles. The molecule has 0 spiro atoms. The van der Waals surface area contributed by atoms with Crippen LogP contribution in [0.25, 0.3) is 0 Å². The molecule has 0 fully saturated rings. The zero-order valence-electron chi connectivity index (χ0n) is 10.1. The Morgan fingerprint density at radius 1 is 1.50 bits per heavy atom. The summed E-state index contributed by atoms with van der Waals surface area (Å²) in [5.41, 5.74) is 7.75. The monoisotopic (exact) mass is 245 g/mol. The van der Waals surface area contributed by atoms with Crippen LogP contribution in [0.3, 0.4) is 0 Å². The predicted octanol–water partition coefficient (Wildman–Crippen LogP) is 1.74. The molecule has 0 unspecified atom stereocenters. The quantitative estimate of drug-likeness (QED) is 0.859. The number of nitrogens with zero attached hydrogens (tertiary/aromatic N) is 1. The Kier molecular flexibility index (Phi) is 3.74. The maximum atomic E-state index is 11.9. The predicted molar refractivity (Wildman–Crippen MR) is 68.4 cm³/mol. The number of carbonyl (C=O) groups excluding carboxylic acids is 1. The number of aryl methyl sites for hydroxylation is 1. The summed E-state index contributed by atoms with van der Waals surface area (Å²) in [7, 11) is 0. The molecule has 0 aliphatic carbocycles. The second kappa shape index (κ2) is 5.46. The lowest BCUT2D eigenvalue weighted by atomic mass is 10.1. The van der Waals surface area contributed by atoms with Gasteiger partial charge in [0.1, 0.15) is 6.26 Å². The number of carbonyl (C=O) groups is 1. The van der Waals surface area contributed by atoms with Crippen LogP contribution < -0.4 is 11.1 Å². The van der Waals surface area contributed by atoms with E-state index in [0.717, 1.165) is 11.3 Å². The lowest BCUT2D eigenvalue weighted by molar-refractivity contribution is 0.102. The largest absolute Gasteiger partial charge is 0.432 e. The number of aromatic nitrogens is 1. The number of amides is 1. The molecule has 1 aromatic carbocycles. The van der Waals surface area contributed by atoms with Crippen LogP contribution >= 0.6 is 0 Å². The number of rotatable bonds is 4. The highest BCUT2D eigenvalue weighted by molar-refractivity contribution is 6.03. The minimum atomic E-state index is -0.236. The summed E-state index contributed by atoms with van der Waals surface area (Å²) in [5, 5.41) is 2.61. The van der Waals surface area contributed by atoms with Crippen molar-refractivity contribution in [1.29, 1.82) is 0 Å². The molecule has 0 bridgehead atoms. The van der Waals surface area contributed by atoms with E-state index in [0.29, 0.717) is 18.5 Å². The topological polar surface area (TPSA) is 81.2 Å².